The highest BCUT2D eigenvalue weighted by atomic mass is 32.1. The molecule has 100 valence electrons. The van der Waals surface area contributed by atoms with Crippen LogP contribution in [0, 0.1) is 6.92 Å². The number of anilines is 1. The van der Waals surface area contributed by atoms with Gasteiger partial charge in [0.05, 0.1) is 6.54 Å². The van der Waals surface area contributed by atoms with Crippen LogP contribution >= 0.6 is 11.3 Å². The van der Waals surface area contributed by atoms with Crippen LogP contribution in [0.4, 0.5) is 5.69 Å². The minimum Gasteiger partial charge on any atom is -0.378 e. The lowest BCUT2D eigenvalue weighted by Crippen LogP contribution is -2.23. The fourth-order valence-electron chi connectivity index (χ4n) is 1.77. The molecule has 0 radical (unpaired) electrons. The third-order valence-corrected chi connectivity index (χ3v) is 4.03. The van der Waals surface area contributed by atoms with E-state index < -0.39 is 0 Å². The normalized spacial score (nSPS) is 10.3. The van der Waals surface area contributed by atoms with E-state index in [0.29, 0.717) is 12.1 Å². The number of amides is 1. The topological polar surface area (TPSA) is 32.3 Å². The van der Waals surface area contributed by atoms with Gasteiger partial charge in [-0.2, -0.15) is 0 Å². The molecule has 0 saturated heterocycles. The van der Waals surface area contributed by atoms with Gasteiger partial charge in [-0.1, -0.05) is 6.07 Å². The molecule has 1 aromatic heterocycles. The van der Waals surface area contributed by atoms with E-state index in [4.69, 9.17) is 0 Å². The minimum atomic E-state index is -0.0310. The summed E-state index contributed by atoms with van der Waals surface area (Å²) in [6.07, 6.45) is 0. The van der Waals surface area contributed by atoms with Gasteiger partial charge in [0.25, 0.3) is 5.91 Å². The Balaban J connectivity index is 2.04. The van der Waals surface area contributed by atoms with Crippen LogP contribution in [0.5, 0.6) is 0 Å². The molecule has 2 rings (SSSR count). The van der Waals surface area contributed by atoms with Crippen molar-refractivity contribution in [2.75, 3.05) is 19.0 Å². The lowest BCUT2D eigenvalue weighted by atomic mass is 10.2. The van der Waals surface area contributed by atoms with Gasteiger partial charge in [0.15, 0.2) is 0 Å². The Hall–Kier alpha value is -1.81. The summed E-state index contributed by atoms with van der Waals surface area (Å²) in [5, 5.41) is 5.01. The second kappa shape index (κ2) is 5.89. The quantitative estimate of drug-likeness (QED) is 0.929. The Morgan fingerprint density at radius 2 is 2.11 bits per heavy atom. The Morgan fingerprint density at radius 1 is 1.32 bits per heavy atom. The Labute approximate surface area is 117 Å². The zero-order valence-electron chi connectivity index (χ0n) is 11.4. The van der Waals surface area contributed by atoms with Crippen LogP contribution in [0.25, 0.3) is 0 Å². The van der Waals surface area contributed by atoms with Gasteiger partial charge in [0.2, 0.25) is 0 Å². The predicted molar refractivity (Wildman–Crippen MR) is 81.0 cm³/mol. The number of carbonyl (C=O) groups excluding carboxylic acids is 1. The molecule has 0 bridgehead atoms. The van der Waals surface area contributed by atoms with Crippen molar-refractivity contribution in [2.45, 2.75) is 13.5 Å². The molecule has 0 aliphatic rings. The van der Waals surface area contributed by atoms with E-state index in [1.807, 2.05) is 48.6 Å². The highest BCUT2D eigenvalue weighted by Gasteiger charge is 2.08. The predicted octanol–water partition coefficient (Wildman–Crippen LogP) is 3.05. The summed E-state index contributed by atoms with van der Waals surface area (Å²) in [5.41, 5.74) is 2.95. The number of carbonyl (C=O) groups is 1. The number of nitrogens with one attached hydrogen (secondary N) is 1. The standard InChI is InChI=1S/C15H18N2OS/c1-11-7-8-19-14(11)10-16-15(18)12-5-4-6-13(9-12)17(2)3/h4-9H,10H2,1-3H3,(H,16,18). The van der Waals surface area contributed by atoms with Gasteiger partial charge in [-0.05, 0) is 42.1 Å². The van der Waals surface area contributed by atoms with Gasteiger partial charge in [-0.15, -0.1) is 11.3 Å². The van der Waals surface area contributed by atoms with E-state index in [1.165, 1.54) is 10.4 Å². The lowest BCUT2D eigenvalue weighted by Gasteiger charge is -2.13. The smallest absolute Gasteiger partial charge is 0.251 e. The van der Waals surface area contributed by atoms with Crippen molar-refractivity contribution in [3.63, 3.8) is 0 Å². The van der Waals surface area contributed by atoms with Gasteiger partial charge in [0.1, 0.15) is 0 Å². The molecule has 0 fully saturated rings. The SMILES string of the molecule is Cc1ccsc1CNC(=O)c1cccc(N(C)C)c1. The van der Waals surface area contributed by atoms with E-state index in [2.05, 4.69) is 18.3 Å². The first-order valence-electron chi connectivity index (χ1n) is 6.16. The maximum absolute atomic E-state index is 12.1. The highest BCUT2D eigenvalue weighted by Crippen LogP contribution is 2.16. The molecular weight excluding hydrogens is 256 g/mol. The molecule has 4 heteroatoms. The summed E-state index contributed by atoms with van der Waals surface area (Å²) in [5.74, 6) is -0.0310. The lowest BCUT2D eigenvalue weighted by molar-refractivity contribution is 0.0951. The van der Waals surface area contributed by atoms with Crippen molar-refractivity contribution in [2.24, 2.45) is 0 Å². The molecule has 0 unspecified atom stereocenters. The maximum Gasteiger partial charge on any atom is 0.251 e. The number of hydrogen-bond acceptors (Lipinski definition) is 3. The largest absolute Gasteiger partial charge is 0.378 e. The van der Waals surface area contributed by atoms with Crippen molar-refractivity contribution in [3.8, 4) is 0 Å². The first-order chi connectivity index (χ1) is 9.08. The number of benzene rings is 1. The second-order valence-corrected chi connectivity index (χ2v) is 5.65. The molecule has 1 heterocycles. The number of aryl methyl sites for hydroxylation is 1. The molecule has 0 atom stereocenters. The zero-order valence-corrected chi connectivity index (χ0v) is 12.3. The molecule has 3 nitrogen and oxygen atoms in total. The van der Waals surface area contributed by atoms with Crippen LogP contribution < -0.4 is 10.2 Å². The molecule has 0 aliphatic heterocycles. The summed E-state index contributed by atoms with van der Waals surface area (Å²) in [7, 11) is 3.93. The van der Waals surface area contributed by atoms with Crippen molar-refractivity contribution in [1.29, 1.82) is 0 Å². The fraction of sp³-hybridized carbons (Fsp3) is 0.267. The third kappa shape index (κ3) is 3.35. The molecule has 0 aliphatic carbocycles. The first kappa shape index (κ1) is 13.6. The number of rotatable bonds is 4. The van der Waals surface area contributed by atoms with Crippen molar-refractivity contribution < 1.29 is 4.79 Å². The van der Waals surface area contributed by atoms with Crippen molar-refractivity contribution in [1.82, 2.24) is 5.32 Å². The molecular formula is C15H18N2OS. The third-order valence-electron chi connectivity index (χ3n) is 3.00. The van der Waals surface area contributed by atoms with Gasteiger partial charge in [0, 0.05) is 30.2 Å². The van der Waals surface area contributed by atoms with Crippen LogP contribution in [-0.4, -0.2) is 20.0 Å². The van der Waals surface area contributed by atoms with Gasteiger partial charge < -0.3 is 10.2 Å². The summed E-state index contributed by atoms with van der Waals surface area (Å²) in [6, 6.07) is 9.69. The highest BCUT2D eigenvalue weighted by molar-refractivity contribution is 7.10. The van der Waals surface area contributed by atoms with E-state index >= 15 is 0 Å². The fourth-order valence-corrected chi connectivity index (χ4v) is 2.62. The summed E-state index contributed by atoms with van der Waals surface area (Å²) in [4.78, 5) is 15.3. The Kier molecular flexibility index (Phi) is 4.22. The van der Waals surface area contributed by atoms with Gasteiger partial charge >= 0.3 is 0 Å². The van der Waals surface area contributed by atoms with Crippen LogP contribution in [0.2, 0.25) is 0 Å². The van der Waals surface area contributed by atoms with Gasteiger partial charge in [-0.3, -0.25) is 4.79 Å². The van der Waals surface area contributed by atoms with Crippen LogP contribution in [-0.2, 0) is 6.54 Å². The maximum atomic E-state index is 12.1. The molecule has 1 aromatic carbocycles. The number of nitrogens with zero attached hydrogens (tertiary/aromatic N) is 1. The summed E-state index contributed by atoms with van der Waals surface area (Å²) in [6.45, 7) is 2.65. The molecule has 19 heavy (non-hydrogen) atoms. The van der Waals surface area contributed by atoms with E-state index in [9.17, 15) is 4.79 Å². The number of thiophene rings is 1. The summed E-state index contributed by atoms with van der Waals surface area (Å²) >= 11 is 1.67. The van der Waals surface area contributed by atoms with Crippen LogP contribution in [0.15, 0.2) is 35.7 Å². The van der Waals surface area contributed by atoms with E-state index in [1.54, 1.807) is 11.3 Å². The molecule has 0 saturated carbocycles. The van der Waals surface area contributed by atoms with Crippen molar-refractivity contribution in [3.05, 3.63) is 51.7 Å². The Morgan fingerprint density at radius 3 is 2.74 bits per heavy atom. The molecule has 2 aromatic rings. The number of hydrogen-bond donors (Lipinski definition) is 1. The van der Waals surface area contributed by atoms with E-state index in [-0.39, 0.29) is 5.91 Å². The van der Waals surface area contributed by atoms with Crippen LogP contribution in [0.1, 0.15) is 20.8 Å². The molecule has 0 spiro atoms. The molecule has 1 N–H and O–H groups in total. The van der Waals surface area contributed by atoms with Crippen molar-refractivity contribution >= 4 is 22.9 Å². The average molecular weight is 274 g/mol. The molecule has 1 amide bonds. The van der Waals surface area contributed by atoms with Gasteiger partial charge in [-0.25, -0.2) is 0 Å². The van der Waals surface area contributed by atoms with Crippen LogP contribution in [0.3, 0.4) is 0 Å². The second-order valence-electron chi connectivity index (χ2n) is 4.65. The monoisotopic (exact) mass is 274 g/mol. The first-order valence-corrected chi connectivity index (χ1v) is 7.04. The zero-order chi connectivity index (χ0) is 13.8. The summed E-state index contributed by atoms with van der Waals surface area (Å²) < 4.78 is 0. The average Bonchev–Trinajstić information content (AvgIpc) is 2.81. The van der Waals surface area contributed by atoms with E-state index in [0.717, 1.165) is 5.69 Å². The minimum absolute atomic E-state index is 0.0310. The Bertz CT molecular complexity index is 575.